The summed E-state index contributed by atoms with van der Waals surface area (Å²) in [7, 11) is 1.68. The molecule has 6 heteroatoms. The van der Waals surface area contributed by atoms with Crippen LogP contribution in [-0.2, 0) is 11.3 Å². The second kappa shape index (κ2) is 6.51. The van der Waals surface area contributed by atoms with Crippen LogP contribution in [0.15, 0.2) is 12.4 Å². The number of amides is 1. The highest BCUT2D eigenvalue weighted by Gasteiger charge is 2.20. The van der Waals surface area contributed by atoms with Crippen molar-refractivity contribution in [3.8, 4) is 0 Å². The summed E-state index contributed by atoms with van der Waals surface area (Å²) in [6.07, 6.45) is 5.77. The average Bonchev–Trinajstić information content (AvgIpc) is 2.91. The van der Waals surface area contributed by atoms with Gasteiger partial charge in [0.05, 0.1) is 13.1 Å². The van der Waals surface area contributed by atoms with E-state index in [4.69, 9.17) is 0 Å². The average molecular weight is 251 g/mol. The molecule has 1 saturated heterocycles. The van der Waals surface area contributed by atoms with Crippen LogP contribution in [0.2, 0.25) is 0 Å². The molecule has 18 heavy (non-hydrogen) atoms. The Kier molecular flexibility index (Phi) is 4.72. The normalized spacial score (nSPS) is 17.8. The largest absolute Gasteiger partial charge is 0.358 e. The predicted molar refractivity (Wildman–Crippen MR) is 69.0 cm³/mol. The Morgan fingerprint density at radius 2 is 2.33 bits per heavy atom. The second-order valence-corrected chi connectivity index (χ2v) is 4.64. The highest BCUT2D eigenvalue weighted by atomic mass is 16.1. The topological polar surface area (TPSA) is 73.1 Å². The molecule has 0 radical (unpaired) electrons. The number of hydrogen-bond donors (Lipinski definition) is 3. The van der Waals surface area contributed by atoms with E-state index in [9.17, 15) is 4.79 Å². The minimum absolute atomic E-state index is 0.0944. The molecular weight excluding hydrogens is 230 g/mol. The molecular formula is C12H21N5O. The van der Waals surface area contributed by atoms with Crippen LogP contribution in [0.5, 0.6) is 0 Å². The van der Waals surface area contributed by atoms with Gasteiger partial charge in [0.1, 0.15) is 5.82 Å². The molecule has 1 aromatic heterocycles. The van der Waals surface area contributed by atoms with Gasteiger partial charge in [0.25, 0.3) is 0 Å². The second-order valence-electron chi connectivity index (χ2n) is 4.64. The maximum atomic E-state index is 11.3. The molecule has 2 rings (SSSR count). The van der Waals surface area contributed by atoms with Gasteiger partial charge >= 0.3 is 0 Å². The fraction of sp³-hybridized carbons (Fsp3) is 0.667. The zero-order valence-corrected chi connectivity index (χ0v) is 10.8. The van der Waals surface area contributed by atoms with E-state index in [-0.39, 0.29) is 5.91 Å². The van der Waals surface area contributed by atoms with Crippen LogP contribution in [0.4, 0.5) is 0 Å². The standard InChI is InChI=1S/C12H21N5O/c1-13-12(18)9-17-6-2-10(3-7-17)16-8-11-14-4-5-15-11/h4-5,10,16H,2-3,6-9H2,1H3,(H,13,18)(H,14,15). The van der Waals surface area contributed by atoms with Gasteiger partial charge in [0.2, 0.25) is 5.91 Å². The first-order valence-corrected chi connectivity index (χ1v) is 6.42. The van der Waals surface area contributed by atoms with E-state index in [2.05, 4.69) is 25.5 Å². The third kappa shape index (κ3) is 3.82. The molecule has 2 heterocycles. The maximum Gasteiger partial charge on any atom is 0.233 e. The molecule has 6 nitrogen and oxygen atoms in total. The number of likely N-dealkylation sites (N-methyl/N-ethyl adjacent to an activating group) is 1. The molecule has 3 N–H and O–H groups in total. The predicted octanol–water partition coefficient (Wildman–Crippen LogP) is -0.290. The summed E-state index contributed by atoms with van der Waals surface area (Å²) in [5, 5.41) is 6.15. The van der Waals surface area contributed by atoms with Crippen molar-refractivity contribution in [1.29, 1.82) is 0 Å². The number of hydrogen-bond acceptors (Lipinski definition) is 4. The van der Waals surface area contributed by atoms with Crippen molar-refractivity contribution >= 4 is 5.91 Å². The molecule has 0 spiro atoms. The number of carbonyl (C=O) groups excluding carboxylic acids is 1. The SMILES string of the molecule is CNC(=O)CN1CCC(NCc2ncc[nH]2)CC1. The van der Waals surface area contributed by atoms with E-state index < -0.39 is 0 Å². The molecule has 1 aromatic rings. The van der Waals surface area contributed by atoms with Gasteiger partial charge in [-0.1, -0.05) is 0 Å². The zero-order chi connectivity index (χ0) is 12.8. The van der Waals surface area contributed by atoms with E-state index in [0.29, 0.717) is 12.6 Å². The van der Waals surface area contributed by atoms with Crippen LogP contribution in [0.3, 0.4) is 0 Å². The molecule has 1 fully saturated rings. The van der Waals surface area contributed by atoms with Gasteiger partial charge in [-0.15, -0.1) is 0 Å². The number of aromatic nitrogens is 2. The molecule has 0 atom stereocenters. The number of rotatable bonds is 5. The maximum absolute atomic E-state index is 11.3. The quantitative estimate of drug-likeness (QED) is 0.672. The van der Waals surface area contributed by atoms with Crippen molar-refractivity contribution in [2.75, 3.05) is 26.7 Å². The summed E-state index contributed by atoms with van der Waals surface area (Å²) in [5.41, 5.74) is 0. The van der Waals surface area contributed by atoms with E-state index in [0.717, 1.165) is 38.3 Å². The highest BCUT2D eigenvalue weighted by molar-refractivity contribution is 5.77. The lowest BCUT2D eigenvalue weighted by atomic mass is 10.1. The van der Waals surface area contributed by atoms with Crippen LogP contribution in [-0.4, -0.2) is 53.5 Å². The number of carbonyl (C=O) groups is 1. The summed E-state index contributed by atoms with van der Waals surface area (Å²) in [4.78, 5) is 20.7. The van der Waals surface area contributed by atoms with Crippen molar-refractivity contribution in [2.45, 2.75) is 25.4 Å². The molecule has 1 aliphatic heterocycles. The smallest absolute Gasteiger partial charge is 0.233 e. The van der Waals surface area contributed by atoms with Gasteiger partial charge in [-0.3, -0.25) is 9.69 Å². The van der Waals surface area contributed by atoms with E-state index in [1.807, 2.05) is 6.20 Å². The first-order valence-electron chi connectivity index (χ1n) is 6.42. The summed E-state index contributed by atoms with van der Waals surface area (Å²) in [6, 6.07) is 0.524. The number of H-pyrrole nitrogens is 1. The van der Waals surface area contributed by atoms with Crippen LogP contribution >= 0.6 is 0 Å². The van der Waals surface area contributed by atoms with E-state index in [1.54, 1.807) is 13.2 Å². The van der Waals surface area contributed by atoms with Crippen LogP contribution in [0, 0.1) is 0 Å². The molecule has 100 valence electrons. The Balaban J connectivity index is 1.65. The first kappa shape index (κ1) is 13.0. The summed E-state index contributed by atoms with van der Waals surface area (Å²) in [6.45, 7) is 3.25. The summed E-state index contributed by atoms with van der Waals surface area (Å²) >= 11 is 0. The van der Waals surface area contributed by atoms with Gasteiger partial charge in [-0.05, 0) is 12.8 Å². The Morgan fingerprint density at radius 3 is 2.94 bits per heavy atom. The van der Waals surface area contributed by atoms with Gasteiger partial charge in [-0.2, -0.15) is 0 Å². The fourth-order valence-corrected chi connectivity index (χ4v) is 2.21. The number of piperidine rings is 1. The van der Waals surface area contributed by atoms with Crippen molar-refractivity contribution < 1.29 is 4.79 Å². The molecule has 0 unspecified atom stereocenters. The van der Waals surface area contributed by atoms with Crippen molar-refractivity contribution in [1.82, 2.24) is 25.5 Å². The lowest BCUT2D eigenvalue weighted by molar-refractivity contribution is -0.122. The van der Waals surface area contributed by atoms with Crippen molar-refractivity contribution in [3.63, 3.8) is 0 Å². The Bertz CT molecular complexity index is 357. The summed E-state index contributed by atoms with van der Waals surface area (Å²) < 4.78 is 0. The fourth-order valence-electron chi connectivity index (χ4n) is 2.21. The minimum atomic E-state index is 0.0944. The highest BCUT2D eigenvalue weighted by Crippen LogP contribution is 2.10. The number of imidazole rings is 1. The minimum Gasteiger partial charge on any atom is -0.358 e. The van der Waals surface area contributed by atoms with E-state index >= 15 is 0 Å². The Labute approximate surface area is 107 Å². The van der Waals surface area contributed by atoms with Crippen LogP contribution < -0.4 is 10.6 Å². The summed E-state index contributed by atoms with van der Waals surface area (Å²) in [5.74, 6) is 1.07. The number of nitrogens with zero attached hydrogens (tertiary/aromatic N) is 2. The van der Waals surface area contributed by atoms with Gasteiger partial charge < -0.3 is 15.6 Å². The van der Waals surface area contributed by atoms with Crippen LogP contribution in [0.25, 0.3) is 0 Å². The lowest BCUT2D eigenvalue weighted by Crippen LogP contribution is -2.45. The first-order chi connectivity index (χ1) is 8.78. The zero-order valence-electron chi connectivity index (χ0n) is 10.8. The molecule has 0 saturated carbocycles. The van der Waals surface area contributed by atoms with Crippen molar-refractivity contribution in [2.24, 2.45) is 0 Å². The number of likely N-dealkylation sites (tertiary alicyclic amines) is 1. The van der Waals surface area contributed by atoms with Crippen LogP contribution in [0.1, 0.15) is 18.7 Å². The molecule has 1 aliphatic rings. The van der Waals surface area contributed by atoms with Gasteiger partial charge in [-0.25, -0.2) is 4.98 Å². The molecule has 0 bridgehead atoms. The van der Waals surface area contributed by atoms with Gasteiger partial charge in [0, 0.05) is 38.6 Å². The lowest BCUT2D eigenvalue weighted by Gasteiger charge is -2.31. The number of nitrogens with one attached hydrogen (secondary N) is 3. The Morgan fingerprint density at radius 1 is 1.56 bits per heavy atom. The van der Waals surface area contributed by atoms with Crippen molar-refractivity contribution in [3.05, 3.63) is 18.2 Å². The molecule has 0 aromatic carbocycles. The number of aromatic amines is 1. The third-order valence-electron chi connectivity index (χ3n) is 3.35. The molecule has 1 amide bonds. The molecule has 0 aliphatic carbocycles. The monoisotopic (exact) mass is 251 g/mol. The third-order valence-corrected chi connectivity index (χ3v) is 3.35. The van der Waals surface area contributed by atoms with E-state index in [1.165, 1.54) is 0 Å². The Hall–Kier alpha value is -1.40. The van der Waals surface area contributed by atoms with Gasteiger partial charge in [0.15, 0.2) is 0 Å².